The van der Waals surface area contributed by atoms with Crippen LogP contribution < -0.4 is 16.1 Å². The predicted octanol–water partition coefficient (Wildman–Crippen LogP) is 0.705. The Morgan fingerprint density at radius 1 is 1.44 bits per heavy atom. The van der Waals surface area contributed by atoms with Crippen LogP contribution in [0.3, 0.4) is 0 Å². The number of carboxylic acid groups (broad SMARTS) is 1. The summed E-state index contributed by atoms with van der Waals surface area (Å²) in [6, 6.07) is 6.04. The van der Waals surface area contributed by atoms with Crippen molar-refractivity contribution in [2.75, 3.05) is 11.4 Å². The summed E-state index contributed by atoms with van der Waals surface area (Å²) in [5, 5.41) is 14.9. The second-order valence-electron chi connectivity index (χ2n) is 6.27. The number of anilines is 1. The van der Waals surface area contributed by atoms with Crippen LogP contribution in [0.1, 0.15) is 31.2 Å². The number of carboxylic acids is 1. The number of carbonyl (C=O) groups is 3. The molecule has 1 aromatic carbocycles. The summed E-state index contributed by atoms with van der Waals surface area (Å²) in [6.45, 7) is 0.566. The van der Waals surface area contributed by atoms with Gasteiger partial charge in [0.2, 0.25) is 11.8 Å². The molecule has 1 fully saturated rings. The maximum atomic E-state index is 12.8. The van der Waals surface area contributed by atoms with Crippen LogP contribution in [0.2, 0.25) is 0 Å². The minimum atomic E-state index is -1.20. The Hall–Kier alpha value is -3.34. The molecule has 2 atom stereocenters. The van der Waals surface area contributed by atoms with E-state index in [0.717, 1.165) is 17.7 Å². The maximum absolute atomic E-state index is 12.8. The number of rotatable bonds is 7. The highest BCUT2D eigenvalue weighted by Gasteiger charge is 2.32. The zero-order chi connectivity index (χ0) is 19.8. The largest absolute Gasteiger partial charge is 0.480 e. The van der Waals surface area contributed by atoms with E-state index in [9.17, 15) is 14.4 Å². The van der Waals surface area contributed by atoms with Gasteiger partial charge in [-0.3, -0.25) is 9.59 Å². The van der Waals surface area contributed by atoms with E-state index in [4.69, 9.17) is 17.4 Å². The highest BCUT2D eigenvalue weighted by atomic mass is 16.4. The van der Waals surface area contributed by atoms with Gasteiger partial charge >= 0.3 is 5.97 Å². The standard InChI is InChI=1S/C19H22N4O4/c1-2-4-16(19(26)27)22-17(24)11-14-5-3-10-23(18(14)25)15-8-6-13(7-9-15)12-21-20/h1,6-9,12,14,16H,3-5,10-11,20H2,(H,22,24)(H,26,27)/t14?,16-/m0/s1. The molecule has 1 heterocycles. The normalized spacial score (nSPS) is 18.1. The molecule has 0 spiro atoms. The van der Waals surface area contributed by atoms with Crippen LogP contribution in [-0.2, 0) is 14.4 Å². The number of piperidine rings is 1. The van der Waals surface area contributed by atoms with E-state index in [1.807, 2.05) is 0 Å². The molecule has 8 nitrogen and oxygen atoms in total. The van der Waals surface area contributed by atoms with E-state index in [-0.39, 0.29) is 18.7 Å². The molecule has 0 bridgehead atoms. The van der Waals surface area contributed by atoms with Gasteiger partial charge in [0.05, 0.1) is 6.21 Å². The van der Waals surface area contributed by atoms with Gasteiger partial charge in [-0.25, -0.2) is 4.79 Å². The fraction of sp³-hybridized carbons (Fsp3) is 0.368. The minimum Gasteiger partial charge on any atom is -0.480 e. The summed E-state index contributed by atoms with van der Waals surface area (Å²) < 4.78 is 0. The van der Waals surface area contributed by atoms with E-state index in [0.29, 0.717) is 13.0 Å². The van der Waals surface area contributed by atoms with Gasteiger partial charge in [0.15, 0.2) is 0 Å². The van der Waals surface area contributed by atoms with Crippen LogP contribution >= 0.6 is 0 Å². The number of terminal acetylenes is 1. The van der Waals surface area contributed by atoms with Gasteiger partial charge in [-0.05, 0) is 30.5 Å². The van der Waals surface area contributed by atoms with Crippen LogP contribution in [0.4, 0.5) is 5.69 Å². The summed E-state index contributed by atoms with van der Waals surface area (Å²) >= 11 is 0. The van der Waals surface area contributed by atoms with Crippen molar-refractivity contribution in [2.45, 2.75) is 31.7 Å². The Bertz CT molecular complexity index is 767. The van der Waals surface area contributed by atoms with E-state index < -0.39 is 23.8 Å². The number of carbonyl (C=O) groups excluding carboxylic acids is 2. The number of hydrazone groups is 1. The Kier molecular flexibility index (Phi) is 6.94. The van der Waals surface area contributed by atoms with Crippen molar-refractivity contribution in [3.05, 3.63) is 29.8 Å². The number of hydrogen-bond acceptors (Lipinski definition) is 5. The fourth-order valence-corrected chi connectivity index (χ4v) is 3.02. The van der Waals surface area contributed by atoms with Crippen molar-refractivity contribution in [1.82, 2.24) is 5.32 Å². The maximum Gasteiger partial charge on any atom is 0.327 e. The van der Waals surface area contributed by atoms with Crippen molar-refractivity contribution in [1.29, 1.82) is 0 Å². The Morgan fingerprint density at radius 2 is 2.15 bits per heavy atom. The van der Waals surface area contributed by atoms with Crippen molar-refractivity contribution in [2.24, 2.45) is 16.9 Å². The first-order valence-corrected chi connectivity index (χ1v) is 8.56. The first-order valence-electron chi connectivity index (χ1n) is 8.56. The minimum absolute atomic E-state index is 0.0679. The lowest BCUT2D eigenvalue weighted by Crippen LogP contribution is -2.45. The molecule has 142 valence electrons. The molecule has 8 heteroatoms. The van der Waals surface area contributed by atoms with E-state index in [1.54, 1.807) is 29.2 Å². The van der Waals surface area contributed by atoms with Crippen molar-refractivity contribution >= 4 is 29.7 Å². The predicted molar refractivity (Wildman–Crippen MR) is 101 cm³/mol. The number of nitrogens with one attached hydrogen (secondary N) is 1. The topological polar surface area (TPSA) is 125 Å². The van der Waals surface area contributed by atoms with Crippen molar-refractivity contribution in [3.63, 3.8) is 0 Å². The average molecular weight is 370 g/mol. The van der Waals surface area contributed by atoms with Crippen molar-refractivity contribution in [3.8, 4) is 12.3 Å². The second-order valence-corrected chi connectivity index (χ2v) is 6.27. The SMILES string of the molecule is C#CC[C@H](NC(=O)CC1CCCN(c2ccc(C=NN)cc2)C1=O)C(=O)O. The van der Waals surface area contributed by atoms with Gasteiger partial charge < -0.3 is 21.2 Å². The van der Waals surface area contributed by atoms with Crippen LogP contribution in [0.15, 0.2) is 29.4 Å². The summed E-state index contributed by atoms with van der Waals surface area (Å²) in [6.07, 6.45) is 7.78. The third-order valence-corrected chi connectivity index (χ3v) is 4.37. The highest BCUT2D eigenvalue weighted by Crippen LogP contribution is 2.26. The molecule has 1 aliphatic heterocycles. The monoisotopic (exact) mass is 370 g/mol. The Balaban J connectivity index is 2.02. The van der Waals surface area contributed by atoms with Gasteiger partial charge in [-0.1, -0.05) is 12.1 Å². The smallest absolute Gasteiger partial charge is 0.327 e. The molecule has 0 radical (unpaired) electrons. The zero-order valence-electron chi connectivity index (χ0n) is 14.8. The molecule has 1 aromatic rings. The zero-order valence-corrected chi connectivity index (χ0v) is 14.8. The molecular formula is C19H22N4O4. The Morgan fingerprint density at radius 3 is 2.74 bits per heavy atom. The molecule has 27 heavy (non-hydrogen) atoms. The molecule has 1 aliphatic rings. The first kappa shape index (κ1) is 20.0. The van der Waals surface area contributed by atoms with Gasteiger partial charge in [0.1, 0.15) is 6.04 Å². The summed E-state index contributed by atoms with van der Waals surface area (Å²) in [5.74, 6) is 5.00. The van der Waals surface area contributed by atoms with Gasteiger partial charge in [0, 0.05) is 31.0 Å². The van der Waals surface area contributed by atoms with E-state index >= 15 is 0 Å². The first-order chi connectivity index (χ1) is 13.0. The molecule has 2 amide bonds. The third-order valence-electron chi connectivity index (χ3n) is 4.37. The number of benzene rings is 1. The number of nitrogens with two attached hydrogens (primary N) is 1. The second kappa shape index (κ2) is 9.38. The highest BCUT2D eigenvalue weighted by molar-refractivity contribution is 5.98. The molecule has 2 rings (SSSR count). The quantitative estimate of drug-likeness (QED) is 0.282. The van der Waals surface area contributed by atoms with Crippen LogP contribution in [0.5, 0.6) is 0 Å². The van der Waals surface area contributed by atoms with Crippen LogP contribution in [0, 0.1) is 18.3 Å². The molecule has 1 saturated heterocycles. The van der Waals surface area contributed by atoms with Gasteiger partial charge in [-0.15, -0.1) is 12.3 Å². The van der Waals surface area contributed by atoms with Crippen LogP contribution in [0.25, 0.3) is 0 Å². The molecule has 4 N–H and O–H groups in total. The van der Waals surface area contributed by atoms with Gasteiger partial charge in [0.25, 0.3) is 0 Å². The number of amides is 2. The number of hydrogen-bond donors (Lipinski definition) is 3. The molecule has 0 aliphatic carbocycles. The molecule has 0 aromatic heterocycles. The Labute approximate surface area is 157 Å². The summed E-state index contributed by atoms with van der Waals surface area (Å²) in [5.41, 5.74) is 1.55. The number of aliphatic carboxylic acids is 1. The van der Waals surface area contributed by atoms with E-state index in [1.165, 1.54) is 6.21 Å². The molecule has 0 saturated carbocycles. The third kappa shape index (κ3) is 5.31. The van der Waals surface area contributed by atoms with Crippen molar-refractivity contribution < 1.29 is 19.5 Å². The lowest BCUT2D eigenvalue weighted by atomic mass is 9.92. The summed E-state index contributed by atoms with van der Waals surface area (Å²) in [4.78, 5) is 37.7. The van der Waals surface area contributed by atoms with Crippen LogP contribution in [-0.4, -0.2) is 41.7 Å². The van der Waals surface area contributed by atoms with E-state index in [2.05, 4.69) is 16.3 Å². The lowest BCUT2D eigenvalue weighted by molar-refractivity contribution is -0.142. The average Bonchev–Trinajstić information content (AvgIpc) is 2.64. The number of nitrogens with zero attached hydrogens (tertiary/aromatic N) is 2. The lowest BCUT2D eigenvalue weighted by Gasteiger charge is -2.32. The fourth-order valence-electron chi connectivity index (χ4n) is 3.02. The van der Waals surface area contributed by atoms with Gasteiger partial charge in [-0.2, -0.15) is 5.10 Å². The molecular weight excluding hydrogens is 348 g/mol. The molecule has 1 unspecified atom stereocenters. The summed E-state index contributed by atoms with van der Waals surface area (Å²) in [7, 11) is 0.